The lowest BCUT2D eigenvalue weighted by Crippen LogP contribution is -2.52. The summed E-state index contributed by atoms with van der Waals surface area (Å²) in [5.41, 5.74) is 1.99. The molecule has 3 aromatic rings. The first-order chi connectivity index (χ1) is 18.4. The topological polar surface area (TPSA) is 96.0 Å². The third-order valence-electron chi connectivity index (χ3n) is 6.09. The van der Waals surface area contributed by atoms with Crippen molar-refractivity contribution in [2.24, 2.45) is 0 Å². The van der Waals surface area contributed by atoms with E-state index in [0.29, 0.717) is 16.5 Å². The van der Waals surface area contributed by atoms with E-state index >= 15 is 0 Å². The molecule has 0 fully saturated rings. The number of carbonyl (C=O) groups excluding carboxylic acids is 2. The van der Waals surface area contributed by atoms with Crippen molar-refractivity contribution >= 4 is 39.1 Å². The largest absolute Gasteiger partial charge is 0.497 e. The molecule has 8 nitrogen and oxygen atoms in total. The molecular formula is C29H34ClN3O5S. The van der Waals surface area contributed by atoms with Gasteiger partial charge in [-0.25, -0.2) is 8.42 Å². The fourth-order valence-electron chi connectivity index (χ4n) is 3.93. The Balaban J connectivity index is 2.03. The number of carbonyl (C=O) groups is 2. The predicted octanol–water partition coefficient (Wildman–Crippen LogP) is 4.79. The molecular weight excluding hydrogens is 538 g/mol. The zero-order chi connectivity index (χ0) is 28.7. The highest BCUT2D eigenvalue weighted by molar-refractivity contribution is 7.92. The van der Waals surface area contributed by atoms with E-state index in [-0.39, 0.29) is 23.4 Å². The van der Waals surface area contributed by atoms with Gasteiger partial charge in [-0.15, -0.1) is 0 Å². The average molecular weight is 572 g/mol. The van der Waals surface area contributed by atoms with Gasteiger partial charge in [0.15, 0.2) is 0 Å². The third kappa shape index (κ3) is 7.74. The SMILES string of the molecule is COc1cccc(CN(C(=O)CN(c2ccc(C)cc2)S(=O)(=O)c2ccc(Cl)cc2)C(C)C(=O)NC(C)C)c1. The molecule has 0 heterocycles. The first-order valence-corrected chi connectivity index (χ1v) is 14.3. The van der Waals surface area contributed by atoms with Gasteiger partial charge in [0.05, 0.1) is 17.7 Å². The van der Waals surface area contributed by atoms with Crippen molar-refractivity contribution in [1.29, 1.82) is 0 Å². The van der Waals surface area contributed by atoms with Gasteiger partial charge in [-0.05, 0) is 81.8 Å². The molecule has 0 aliphatic carbocycles. The summed E-state index contributed by atoms with van der Waals surface area (Å²) in [7, 11) is -2.61. The molecule has 1 N–H and O–H groups in total. The fourth-order valence-corrected chi connectivity index (χ4v) is 5.47. The Hall–Kier alpha value is -3.56. The van der Waals surface area contributed by atoms with Gasteiger partial charge >= 0.3 is 0 Å². The molecule has 39 heavy (non-hydrogen) atoms. The van der Waals surface area contributed by atoms with Crippen molar-refractivity contribution in [3.63, 3.8) is 0 Å². The Kier molecular flexibility index (Phi) is 9.99. The van der Waals surface area contributed by atoms with Gasteiger partial charge in [-0.3, -0.25) is 13.9 Å². The van der Waals surface area contributed by atoms with Crippen LogP contribution in [0.25, 0.3) is 0 Å². The highest BCUT2D eigenvalue weighted by Crippen LogP contribution is 2.26. The van der Waals surface area contributed by atoms with Gasteiger partial charge < -0.3 is 15.0 Å². The number of hydrogen-bond acceptors (Lipinski definition) is 5. The van der Waals surface area contributed by atoms with Gasteiger partial charge in [-0.2, -0.15) is 0 Å². The van der Waals surface area contributed by atoms with Crippen molar-refractivity contribution in [2.45, 2.75) is 51.2 Å². The zero-order valence-electron chi connectivity index (χ0n) is 22.7. The average Bonchev–Trinajstić information content (AvgIpc) is 2.90. The van der Waals surface area contributed by atoms with Crippen LogP contribution in [0.3, 0.4) is 0 Å². The Morgan fingerprint density at radius 3 is 2.21 bits per heavy atom. The smallest absolute Gasteiger partial charge is 0.264 e. The van der Waals surface area contributed by atoms with E-state index in [1.54, 1.807) is 56.5 Å². The second-order valence-corrected chi connectivity index (χ2v) is 11.8. The summed E-state index contributed by atoms with van der Waals surface area (Å²) in [6.07, 6.45) is 0. The maximum atomic E-state index is 13.9. The van der Waals surface area contributed by atoms with Crippen LogP contribution in [-0.2, 0) is 26.2 Å². The van der Waals surface area contributed by atoms with Crippen LogP contribution in [0.4, 0.5) is 5.69 Å². The molecule has 0 spiro atoms. The van der Waals surface area contributed by atoms with Gasteiger partial charge in [-0.1, -0.05) is 41.4 Å². The van der Waals surface area contributed by atoms with Crippen molar-refractivity contribution in [2.75, 3.05) is 18.0 Å². The first-order valence-electron chi connectivity index (χ1n) is 12.5. The minimum atomic E-state index is -4.15. The minimum absolute atomic E-state index is 0.00906. The number of amides is 2. The quantitative estimate of drug-likeness (QED) is 0.357. The van der Waals surface area contributed by atoms with E-state index in [1.807, 2.05) is 26.8 Å². The predicted molar refractivity (Wildman–Crippen MR) is 153 cm³/mol. The zero-order valence-corrected chi connectivity index (χ0v) is 24.3. The van der Waals surface area contributed by atoms with E-state index in [9.17, 15) is 18.0 Å². The number of rotatable bonds is 11. The van der Waals surface area contributed by atoms with Crippen LogP contribution in [0.15, 0.2) is 77.7 Å². The molecule has 0 radical (unpaired) electrons. The molecule has 1 atom stereocenters. The summed E-state index contributed by atoms with van der Waals surface area (Å²) in [5.74, 6) is -0.281. The van der Waals surface area contributed by atoms with Crippen LogP contribution in [-0.4, -0.2) is 50.9 Å². The Morgan fingerprint density at radius 2 is 1.62 bits per heavy atom. The molecule has 1 unspecified atom stereocenters. The number of aryl methyl sites for hydroxylation is 1. The van der Waals surface area contributed by atoms with E-state index < -0.39 is 28.5 Å². The van der Waals surface area contributed by atoms with Gasteiger partial charge in [0.1, 0.15) is 18.3 Å². The van der Waals surface area contributed by atoms with Crippen molar-refractivity contribution in [3.8, 4) is 5.75 Å². The number of hydrogen-bond donors (Lipinski definition) is 1. The molecule has 0 aromatic heterocycles. The Labute approximate surface area is 235 Å². The van der Waals surface area contributed by atoms with Gasteiger partial charge in [0, 0.05) is 17.6 Å². The lowest BCUT2D eigenvalue weighted by molar-refractivity contribution is -0.139. The number of anilines is 1. The van der Waals surface area contributed by atoms with E-state index in [2.05, 4.69) is 5.32 Å². The molecule has 0 bridgehead atoms. The van der Waals surface area contributed by atoms with Crippen LogP contribution in [0.1, 0.15) is 31.9 Å². The minimum Gasteiger partial charge on any atom is -0.497 e. The summed E-state index contributed by atoms with van der Waals surface area (Å²) < 4.78 is 34.0. The Bertz CT molecular complexity index is 1390. The molecule has 0 saturated heterocycles. The van der Waals surface area contributed by atoms with E-state index in [1.165, 1.54) is 29.2 Å². The molecule has 0 saturated carbocycles. The summed E-state index contributed by atoms with van der Waals surface area (Å²) in [4.78, 5) is 28.3. The highest BCUT2D eigenvalue weighted by atomic mass is 35.5. The fraction of sp³-hybridized carbons (Fsp3) is 0.310. The van der Waals surface area contributed by atoms with E-state index in [4.69, 9.17) is 16.3 Å². The van der Waals surface area contributed by atoms with Crippen LogP contribution in [0, 0.1) is 6.92 Å². The van der Waals surface area contributed by atoms with Crippen LogP contribution in [0.2, 0.25) is 5.02 Å². The lowest BCUT2D eigenvalue weighted by atomic mass is 10.1. The van der Waals surface area contributed by atoms with Crippen LogP contribution >= 0.6 is 11.6 Å². The highest BCUT2D eigenvalue weighted by Gasteiger charge is 2.32. The van der Waals surface area contributed by atoms with Crippen LogP contribution < -0.4 is 14.4 Å². The number of nitrogens with one attached hydrogen (secondary N) is 1. The van der Waals surface area contributed by atoms with Crippen molar-refractivity contribution in [1.82, 2.24) is 10.2 Å². The standard InChI is InChI=1S/C29H34ClN3O5S/c1-20(2)31-29(35)22(4)32(18-23-7-6-8-26(17-23)38-5)28(34)19-33(25-13-9-21(3)10-14-25)39(36,37)27-15-11-24(30)12-16-27/h6-17,20,22H,18-19H2,1-5H3,(H,31,35). The summed E-state index contributed by atoms with van der Waals surface area (Å²) >= 11 is 5.98. The lowest BCUT2D eigenvalue weighted by Gasteiger charge is -2.32. The first kappa shape index (κ1) is 30.0. The molecule has 0 aliphatic heterocycles. The molecule has 2 amide bonds. The number of nitrogens with zero attached hydrogens (tertiary/aromatic N) is 2. The third-order valence-corrected chi connectivity index (χ3v) is 8.13. The number of methoxy groups -OCH3 is 1. The molecule has 3 aromatic carbocycles. The summed E-state index contributed by atoms with van der Waals surface area (Å²) in [6.45, 7) is 6.73. The van der Waals surface area contributed by atoms with E-state index in [0.717, 1.165) is 15.4 Å². The van der Waals surface area contributed by atoms with Crippen LogP contribution in [0.5, 0.6) is 5.75 Å². The number of ether oxygens (including phenoxy) is 1. The monoisotopic (exact) mass is 571 g/mol. The normalized spacial score (nSPS) is 12.1. The Morgan fingerprint density at radius 1 is 0.974 bits per heavy atom. The van der Waals surface area contributed by atoms with Gasteiger partial charge in [0.2, 0.25) is 11.8 Å². The number of sulfonamides is 1. The number of benzene rings is 3. The van der Waals surface area contributed by atoms with Crippen molar-refractivity contribution in [3.05, 3.63) is 88.9 Å². The molecule has 208 valence electrons. The summed E-state index contributed by atoms with van der Waals surface area (Å²) in [5, 5.41) is 3.23. The molecule has 3 rings (SSSR count). The maximum absolute atomic E-state index is 13.9. The molecule has 10 heteroatoms. The second kappa shape index (κ2) is 13.0. The number of halogens is 1. The van der Waals surface area contributed by atoms with Gasteiger partial charge in [0.25, 0.3) is 10.0 Å². The molecule has 0 aliphatic rings. The summed E-state index contributed by atoms with van der Waals surface area (Å²) in [6, 6.07) is 18.8. The van der Waals surface area contributed by atoms with Crippen molar-refractivity contribution < 1.29 is 22.7 Å². The second-order valence-electron chi connectivity index (χ2n) is 9.51. The maximum Gasteiger partial charge on any atom is 0.264 e.